The van der Waals surface area contributed by atoms with Gasteiger partial charge in [-0.15, -0.1) is 0 Å². The van der Waals surface area contributed by atoms with Gasteiger partial charge in [-0.2, -0.15) is 0 Å². The summed E-state index contributed by atoms with van der Waals surface area (Å²) in [5.74, 6) is 2.25. The van der Waals surface area contributed by atoms with Crippen molar-refractivity contribution in [3.63, 3.8) is 0 Å². The van der Waals surface area contributed by atoms with E-state index in [1.54, 1.807) is 7.11 Å². The molecule has 0 radical (unpaired) electrons. The Labute approximate surface area is 140 Å². The number of aryl methyl sites for hydroxylation is 1. The molecule has 0 aliphatic heterocycles. The van der Waals surface area contributed by atoms with Crippen LogP contribution in [0, 0.1) is 11.8 Å². The largest absolute Gasteiger partial charge is 0.385 e. The minimum Gasteiger partial charge on any atom is -0.385 e. The highest BCUT2D eigenvalue weighted by Crippen LogP contribution is 2.36. The monoisotopic (exact) mass is 334 g/mol. The second kappa shape index (κ2) is 7.79. The van der Waals surface area contributed by atoms with Gasteiger partial charge in [0, 0.05) is 20.1 Å². The maximum atomic E-state index is 11.8. The van der Waals surface area contributed by atoms with Crippen molar-refractivity contribution in [2.24, 2.45) is 11.8 Å². The number of nitrogens with one attached hydrogen (secondary N) is 3. The summed E-state index contributed by atoms with van der Waals surface area (Å²) in [5.41, 5.74) is -0.245. The van der Waals surface area contributed by atoms with Crippen LogP contribution in [0.25, 0.3) is 11.2 Å². The number of methoxy groups -OCH3 is 1. The number of rotatable bonds is 8. The molecule has 2 aromatic heterocycles. The molecule has 3 rings (SSSR count). The average Bonchev–Trinajstić information content (AvgIpc) is 3.20. The molecule has 0 bridgehead atoms. The standard InChI is InChI=1S/C17H26N4O3/c1-24-10-4-7-12(11-5-2-3-6-11)8-9-13-18-14-15(19-13)20-17(23)21-16(14)22/h11-12H,2-10H2,1H3,(H3,18,19,20,21,22,23). The molecule has 3 N–H and O–H groups in total. The topological polar surface area (TPSA) is 104 Å². The minimum absolute atomic E-state index is 0.343. The van der Waals surface area contributed by atoms with Gasteiger partial charge in [-0.1, -0.05) is 25.7 Å². The van der Waals surface area contributed by atoms with Crippen LogP contribution in [0.2, 0.25) is 0 Å². The van der Waals surface area contributed by atoms with Gasteiger partial charge < -0.3 is 9.72 Å². The zero-order chi connectivity index (χ0) is 16.9. The summed E-state index contributed by atoms with van der Waals surface area (Å²) in [6.45, 7) is 0.810. The molecule has 1 aliphatic rings. The van der Waals surface area contributed by atoms with E-state index in [1.807, 2.05) is 0 Å². The van der Waals surface area contributed by atoms with Crippen LogP contribution in [-0.2, 0) is 11.2 Å². The fraction of sp³-hybridized carbons (Fsp3) is 0.706. The van der Waals surface area contributed by atoms with Crippen molar-refractivity contribution in [2.45, 2.75) is 51.4 Å². The van der Waals surface area contributed by atoms with E-state index in [-0.39, 0.29) is 0 Å². The van der Waals surface area contributed by atoms with E-state index in [9.17, 15) is 9.59 Å². The molecule has 1 unspecified atom stereocenters. The summed E-state index contributed by atoms with van der Waals surface area (Å²) in [5, 5.41) is 0. The number of H-pyrrole nitrogens is 3. The molecule has 132 valence electrons. The highest BCUT2D eigenvalue weighted by Gasteiger charge is 2.24. The Balaban J connectivity index is 1.68. The smallest absolute Gasteiger partial charge is 0.327 e. The molecular weight excluding hydrogens is 308 g/mol. The van der Waals surface area contributed by atoms with Gasteiger partial charge in [0.2, 0.25) is 0 Å². The van der Waals surface area contributed by atoms with E-state index >= 15 is 0 Å². The van der Waals surface area contributed by atoms with Crippen LogP contribution < -0.4 is 11.2 Å². The number of nitrogens with zero attached hydrogens (tertiary/aromatic N) is 1. The maximum absolute atomic E-state index is 11.8. The van der Waals surface area contributed by atoms with E-state index in [0.717, 1.165) is 37.6 Å². The predicted molar refractivity (Wildman–Crippen MR) is 92.2 cm³/mol. The summed E-state index contributed by atoms with van der Waals surface area (Å²) in [6, 6.07) is 0. The van der Waals surface area contributed by atoms with Crippen LogP contribution in [0.4, 0.5) is 0 Å². The second-order valence-electron chi connectivity index (χ2n) is 6.79. The van der Waals surface area contributed by atoms with Gasteiger partial charge in [0.1, 0.15) is 11.3 Å². The molecular formula is C17H26N4O3. The third kappa shape index (κ3) is 3.95. The molecule has 0 aromatic carbocycles. The Hall–Kier alpha value is -1.89. The van der Waals surface area contributed by atoms with Gasteiger partial charge in [0.05, 0.1) is 0 Å². The molecule has 1 aliphatic carbocycles. The van der Waals surface area contributed by atoms with Crippen molar-refractivity contribution in [1.82, 2.24) is 19.9 Å². The normalized spacial score (nSPS) is 16.9. The molecule has 7 nitrogen and oxygen atoms in total. The first kappa shape index (κ1) is 17.0. The van der Waals surface area contributed by atoms with Gasteiger partial charge in [-0.3, -0.25) is 14.8 Å². The lowest BCUT2D eigenvalue weighted by atomic mass is 9.83. The Bertz CT molecular complexity index is 770. The summed E-state index contributed by atoms with van der Waals surface area (Å²) >= 11 is 0. The zero-order valence-corrected chi connectivity index (χ0v) is 14.2. The summed E-state index contributed by atoms with van der Waals surface area (Å²) in [4.78, 5) is 35.3. The number of hydrogen-bond acceptors (Lipinski definition) is 4. The molecule has 24 heavy (non-hydrogen) atoms. The van der Waals surface area contributed by atoms with Crippen LogP contribution in [0.15, 0.2) is 9.59 Å². The van der Waals surface area contributed by atoms with Crippen molar-refractivity contribution >= 4 is 11.2 Å². The van der Waals surface area contributed by atoms with E-state index < -0.39 is 11.2 Å². The lowest BCUT2D eigenvalue weighted by molar-refractivity contribution is 0.176. The zero-order valence-electron chi connectivity index (χ0n) is 14.2. The van der Waals surface area contributed by atoms with Gasteiger partial charge in [0.15, 0.2) is 5.65 Å². The third-order valence-electron chi connectivity index (χ3n) is 5.18. The molecule has 2 aromatic rings. The number of imidazole rings is 1. The van der Waals surface area contributed by atoms with Crippen molar-refractivity contribution < 1.29 is 4.74 Å². The molecule has 0 spiro atoms. The molecule has 1 saturated carbocycles. The first-order valence-electron chi connectivity index (χ1n) is 8.87. The van der Waals surface area contributed by atoms with Gasteiger partial charge in [-0.05, 0) is 31.1 Å². The minimum atomic E-state index is -0.519. The van der Waals surface area contributed by atoms with Crippen molar-refractivity contribution in [1.29, 1.82) is 0 Å². The van der Waals surface area contributed by atoms with Crippen LogP contribution in [0.1, 0.15) is 50.8 Å². The molecule has 7 heteroatoms. The number of fused-ring (bicyclic) bond motifs is 1. The first-order chi connectivity index (χ1) is 11.7. The summed E-state index contributed by atoms with van der Waals surface area (Å²) < 4.78 is 5.19. The highest BCUT2D eigenvalue weighted by molar-refractivity contribution is 5.68. The van der Waals surface area contributed by atoms with Gasteiger partial charge in [-0.25, -0.2) is 9.78 Å². The fourth-order valence-electron chi connectivity index (χ4n) is 3.96. The molecule has 2 heterocycles. The summed E-state index contributed by atoms with van der Waals surface area (Å²) in [6.07, 6.45) is 9.44. The van der Waals surface area contributed by atoms with E-state index in [2.05, 4.69) is 19.9 Å². The lowest BCUT2D eigenvalue weighted by Gasteiger charge is -2.23. The molecule has 0 saturated heterocycles. The molecule has 1 fully saturated rings. The fourth-order valence-corrected chi connectivity index (χ4v) is 3.96. The quantitative estimate of drug-likeness (QED) is 0.643. The summed E-state index contributed by atoms with van der Waals surface area (Å²) in [7, 11) is 1.75. The number of ether oxygens (including phenoxy) is 1. The highest BCUT2D eigenvalue weighted by atomic mass is 16.5. The first-order valence-corrected chi connectivity index (χ1v) is 8.87. The third-order valence-corrected chi connectivity index (χ3v) is 5.18. The van der Waals surface area contributed by atoms with Gasteiger partial charge in [0.25, 0.3) is 5.56 Å². The van der Waals surface area contributed by atoms with E-state index in [0.29, 0.717) is 17.1 Å². The Morgan fingerprint density at radius 1 is 1.17 bits per heavy atom. The Kier molecular flexibility index (Phi) is 5.50. The Morgan fingerprint density at radius 3 is 2.71 bits per heavy atom. The SMILES string of the molecule is COCCCC(CCc1nc2[nH]c(=O)[nH]c(=O)c2[nH]1)C1CCCC1. The number of aromatic nitrogens is 4. The van der Waals surface area contributed by atoms with Gasteiger partial charge >= 0.3 is 5.69 Å². The lowest BCUT2D eigenvalue weighted by Crippen LogP contribution is -2.21. The maximum Gasteiger partial charge on any atom is 0.327 e. The molecule has 0 amide bonds. The van der Waals surface area contributed by atoms with Crippen LogP contribution in [-0.4, -0.2) is 33.7 Å². The van der Waals surface area contributed by atoms with Crippen molar-refractivity contribution in [3.8, 4) is 0 Å². The van der Waals surface area contributed by atoms with E-state index in [1.165, 1.54) is 32.1 Å². The van der Waals surface area contributed by atoms with Crippen LogP contribution in [0.5, 0.6) is 0 Å². The molecule has 1 atom stereocenters. The van der Waals surface area contributed by atoms with Crippen molar-refractivity contribution in [2.75, 3.05) is 13.7 Å². The van der Waals surface area contributed by atoms with E-state index in [4.69, 9.17) is 4.74 Å². The van der Waals surface area contributed by atoms with Crippen LogP contribution in [0.3, 0.4) is 0 Å². The second-order valence-corrected chi connectivity index (χ2v) is 6.79. The Morgan fingerprint density at radius 2 is 1.96 bits per heavy atom. The number of hydrogen-bond donors (Lipinski definition) is 3. The predicted octanol–water partition coefficient (Wildman–Crippen LogP) is 2.11. The number of aromatic amines is 3. The average molecular weight is 334 g/mol. The van der Waals surface area contributed by atoms with Crippen LogP contribution >= 0.6 is 0 Å². The van der Waals surface area contributed by atoms with Crippen molar-refractivity contribution in [3.05, 3.63) is 26.7 Å².